The van der Waals surface area contributed by atoms with Gasteiger partial charge < -0.3 is 4.43 Å². The van der Waals surface area contributed by atoms with E-state index in [0.717, 1.165) is 6.04 Å². The largest absolute Gasteiger partial charge is 0.547 e. The quantitative estimate of drug-likeness (QED) is 0.294. The summed E-state index contributed by atoms with van der Waals surface area (Å²) in [5.41, 5.74) is 0. The summed E-state index contributed by atoms with van der Waals surface area (Å²) in [5.74, 6) is 0. The first-order valence-electron chi connectivity index (χ1n) is 1.91. The van der Waals surface area contributed by atoms with Crippen LogP contribution in [0.3, 0.4) is 0 Å². The Bertz CT molecular complexity index is 36.5. The lowest BCUT2D eigenvalue weighted by Crippen LogP contribution is -1.85. The maximum atomic E-state index is 4.77. The molecule has 0 aliphatic rings. The monoisotopic (exact) mass is 100 g/mol. The first-order chi connectivity index (χ1) is 2.91. The molecular formula is C4H8OSi. The van der Waals surface area contributed by atoms with Gasteiger partial charge in [-0.05, 0) is 6.04 Å². The Morgan fingerprint density at radius 2 is 2.67 bits per heavy atom. The van der Waals surface area contributed by atoms with Crippen molar-refractivity contribution >= 4 is 9.76 Å². The van der Waals surface area contributed by atoms with E-state index in [2.05, 4.69) is 13.5 Å². The molecule has 0 aromatic carbocycles. The van der Waals surface area contributed by atoms with Crippen LogP contribution in [0.4, 0.5) is 0 Å². The molecule has 0 saturated carbocycles. The molecule has 0 bridgehead atoms. The van der Waals surface area contributed by atoms with Crippen molar-refractivity contribution in [3.8, 4) is 0 Å². The van der Waals surface area contributed by atoms with E-state index in [-0.39, 0.29) is 0 Å². The van der Waals surface area contributed by atoms with E-state index in [4.69, 9.17) is 4.43 Å². The van der Waals surface area contributed by atoms with Gasteiger partial charge in [-0.15, -0.1) is 0 Å². The Hall–Kier alpha value is -0.243. The van der Waals surface area contributed by atoms with Crippen LogP contribution in [0, 0.1) is 0 Å². The molecule has 6 heavy (non-hydrogen) atoms. The highest BCUT2D eigenvalue weighted by molar-refractivity contribution is 6.27. The van der Waals surface area contributed by atoms with Gasteiger partial charge >= 0.3 is 9.76 Å². The third kappa shape index (κ3) is 3.76. The molecule has 0 saturated heterocycles. The van der Waals surface area contributed by atoms with Crippen molar-refractivity contribution < 1.29 is 4.43 Å². The van der Waals surface area contributed by atoms with E-state index in [1.54, 1.807) is 0 Å². The van der Waals surface area contributed by atoms with Crippen LogP contribution in [-0.4, -0.2) is 9.76 Å². The zero-order valence-corrected chi connectivity index (χ0v) is 4.90. The van der Waals surface area contributed by atoms with Gasteiger partial charge in [-0.3, -0.25) is 0 Å². The molecule has 0 spiro atoms. The van der Waals surface area contributed by atoms with Crippen molar-refractivity contribution in [2.75, 3.05) is 0 Å². The van der Waals surface area contributed by atoms with Gasteiger partial charge in [0.05, 0.1) is 6.26 Å². The zero-order valence-electron chi connectivity index (χ0n) is 3.90. The van der Waals surface area contributed by atoms with Crippen LogP contribution in [0.5, 0.6) is 0 Å². The number of hydrogen-bond acceptors (Lipinski definition) is 1. The molecule has 34 valence electrons. The Morgan fingerprint density at radius 3 is 2.83 bits per heavy atom. The smallest absolute Gasteiger partial charge is 0.309 e. The molecular weight excluding hydrogens is 92.1 g/mol. The number of rotatable bonds is 3. The molecule has 0 heterocycles. The number of hydrogen-bond donors (Lipinski definition) is 0. The molecule has 2 radical (unpaired) electrons. The van der Waals surface area contributed by atoms with Crippen molar-refractivity contribution in [3.63, 3.8) is 0 Å². The summed E-state index contributed by atoms with van der Waals surface area (Å²) in [4.78, 5) is 0. The van der Waals surface area contributed by atoms with Gasteiger partial charge in [-0.1, -0.05) is 13.5 Å². The Balaban J connectivity index is 2.49. The molecule has 0 atom stereocenters. The molecule has 0 aliphatic carbocycles. The van der Waals surface area contributed by atoms with Gasteiger partial charge in [-0.25, -0.2) is 0 Å². The second-order valence-corrected chi connectivity index (χ2v) is 2.01. The lowest BCUT2D eigenvalue weighted by Gasteiger charge is -1.87. The minimum absolute atomic E-state index is 0.597. The SMILES string of the molecule is C=CO[Si]CC. The Labute approximate surface area is 41.0 Å². The van der Waals surface area contributed by atoms with Crippen LogP contribution in [0.2, 0.25) is 6.04 Å². The summed E-state index contributed by atoms with van der Waals surface area (Å²) < 4.78 is 4.77. The normalized spacial score (nSPS) is 7.50. The summed E-state index contributed by atoms with van der Waals surface area (Å²) in [7, 11) is 0.597. The van der Waals surface area contributed by atoms with Crippen LogP contribution in [0.1, 0.15) is 6.92 Å². The second kappa shape index (κ2) is 4.76. The van der Waals surface area contributed by atoms with Crippen molar-refractivity contribution in [2.24, 2.45) is 0 Å². The maximum absolute atomic E-state index is 4.77. The molecule has 1 nitrogen and oxygen atoms in total. The van der Waals surface area contributed by atoms with Gasteiger partial charge in [0.2, 0.25) is 0 Å². The van der Waals surface area contributed by atoms with Crippen molar-refractivity contribution in [1.82, 2.24) is 0 Å². The van der Waals surface area contributed by atoms with Crippen LogP contribution in [0.25, 0.3) is 0 Å². The highest BCUT2D eigenvalue weighted by Gasteiger charge is 1.75. The van der Waals surface area contributed by atoms with E-state index in [0.29, 0.717) is 9.76 Å². The molecule has 2 heteroatoms. The minimum Gasteiger partial charge on any atom is -0.547 e. The lowest BCUT2D eigenvalue weighted by atomic mass is 11.0. The van der Waals surface area contributed by atoms with Gasteiger partial charge in [-0.2, -0.15) is 0 Å². The Morgan fingerprint density at radius 1 is 2.00 bits per heavy atom. The van der Waals surface area contributed by atoms with E-state index in [9.17, 15) is 0 Å². The van der Waals surface area contributed by atoms with Gasteiger partial charge in [0.15, 0.2) is 0 Å². The fraction of sp³-hybridized carbons (Fsp3) is 0.500. The predicted octanol–water partition coefficient (Wildman–Crippen LogP) is 1.20. The van der Waals surface area contributed by atoms with E-state index in [1.807, 2.05) is 0 Å². The van der Waals surface area contributed by atoms with Crippen LogP contribution >= 0.6 is 0 Å². The standard InChI is InChI=1S/C4H8OSi/c1-3-5-6-4-2/h3H,1,4H2,2H3. The first-order valence-corrected chi connectivity index (χ1v) is 3.02. The predicted molar refractivity (Wildman–Crippen MR) is 27.5 cm³/mol. The topological polar surface area (TPSA) is 9.23 Å². The summed E-state index contributed by atoms with van der Waals surface area (Å²) in [6, 6.07) is 1.09. The van der Waals surface area contributed by atoms with Gasteiger partial charge in [0.25, 0.3) is 0 Å². The molecule has 0 amide bonds. The highest BCUT2D eigenvalue weighted by atomic mass is 28.2. The molecule has 0 aromatic heterocycles. The van der Waals surface area contributed by atoms with Crippen molar-refractivity contribution in [2.45, 2.75) is 13.0 Å². The fourth-order valence-corrected chi connectivity index (χ4v) is 0.427. The average Bonchev–Trinajstić information content (AvgIpc) is 1.61. The van der Waals surface area contributed by atoms with Crippen LogP contribution in [-0.2, 0) is 4.43 Å². The summed E-state index contributed by atoms with van der Waals surface area (Å²) in [6.45, 7) is 5.45. The highest BCUT2D eigenvalue weighted by Crippen LogP contribution is 1.74. The molecule has 0 N–H and O–H groups in total. The maximum Gasteiger partial charge on any atom is 0.309 e. The fourth-order valence-electron chi connectivity index (χ4n) is 0.142. The Kier molecular flexibility index (Phi) is 4.56. The molecule has 0 aromatic rings. The third-order valence-corrected chi connectivity index (χ3v) is 0.933. The molecule has 0 fully saturated rings. The second-order valence-electron chi connectivity index (χ2n) is 0.782. The zero-order chi connectivity index (χ0) is 4.83. The average molecular weight is 100 g/mol. The summed E-state index contributed by atoms with van der Waals surface area (Å²) >= 11 is 0. The van der Waals surface area contributed by atoms with Gasteiger partial charge in [0.1, 0.15) is 0 Å². The summed E-state index contributed by atoms with van der Waals surface area (Å²) in [5, 5.41) is 0. The van der Waals surface area contributed by atoms with Gasteiger partial charge in [0, 0.05) is 0 Å². The van der Waals surface area contributed by atoms with Crippen LogP contribution < -0.4 is 0 Å². The minimum atomic E-state index is 0.597. The van der Waals surface area contributed by atoms with E-state index < -0.39 is 0 Å². The lowest BCUT2D eigenvalue weighted by molar-refractivity contribution is 0.516. The van der Waals surface area contributed by atoms with Crippen molar-refractivity contribution in [1.29, 1.82) is 0 Å². The van der Waals surface area contributed by atoms with E-state index in [1.165, 1.54) is 6.26 Å². The third-order valence-electron chi connectivity index (χ3n) is 0.311. The van der Waals surface area contributed by atoms with E-state index >= 15 is 0 Å². The summed E-state index contributed by atoms with van der Waals surface area (Å²) in [6.07, 6.45) is 1.47. The molecule has 0 unspecified atom stereocenters. The van der Waals surface area contributed by atoms with Crippen LogP contribution in [0.15, 0.2) is 12.8 Å². The van der Waals surface area contributed by atoms with Crippen molar-refractivity contribution in [3.05, 3.63) is 12.8 Å². The molecule has 0 aliphatic heterocycles. The first kappa shape index (κ1) is 5.76. The molecule has 0 rings (SSSR count).